The highest BCUT2D eigenvalue weighted by atomic mass is 15.1. The topological polar surface area (TPSA) is 3.24 Å². The van der Waals surface area contributed by atoms with Gasteiger partial charge in [0.15, 0.2) is 0 Å². The van der Waals surface area contributed by atoms with Crippen LogP contribution in [0.25, 0.3) is 0 Å². The predicted molar refractivity (Wildman–Crippen MR) is 135 cm³/mol. The van der Waals surface area contributed by atoms with Crippen molar-refractivity contribution in [3.05, 3.63) is 6.07 Å². The maximum atomic E-state index is 2.39. The van der Waals surface area contributed by atoms with Crippen LogP contribution in [0.15, 0.2) is 6.07 Å². The van der Waals surface area contributed by atoms with Crippen LogP contribution in [0.5, 0.6) is 0 Å². The average molecular weight is 290 g/mol. The summed E-state index contributed by atoms with van der Waals surface area (Å²) in [7, 11) is 22.3. The second kappa shape index (κ2) is 6.38. The van der Waals surface area contributed by atoms with Gasteiger partial charge in [-0.1, -0.05) is 38.2 Å². The van der Waals surface area contributed by atoms with E-state index in [4.69, 9.17) is 0 Å². The van der Waals surface area contributed by atoms with E-state index in [2.05, 4.69) is 88.6 Å². The Bertz CT molecular complexity index is 774. The third-order valence-electron chi connectivity index (χ3n) is 6.11. The number of hydrogen-bond donors (Lipinski definition) is 0. The Hall–Kier alpha value is -1.18. The molecule has 0 fully saturated rings. The van der Waals surface area contributed by atoms with Gasteiger partial charge >= 0.3 is 0 Å². The molecule has 10 heteroatoms. The second-order valence-corrected chi connectivity index (χ2v) is 7.12. The van der Waals surface area contributed by atoms with E-state index < -0.39 is 0 Å². The number of anilines is 2. The lowest BCUT2D eigenvalue weighted by atomic mass is 9.61. The molecule has 0 N–H and O–H groups in total. The van der Waals surface area contributed by atoms with E-state index in [-0.39, 0.29) is 0 Å². The fourth-order valence-electron chi connectivity index (χ4n) is 3.64. The first-order valence-corrected chi connectivity index (χ1v) is 8.47. The Morgan fingerprint density at radius 1 is 0.565 bits per heavy atom. The second-order valence-electron chi connectivity index (χ2n) is 7.12. The zero-order chi connectivity index (χ0) is 17.6. The van der Waals surface area contributed by atoms with Gasteiger partial charge in [-0.2, -0.15) is 0 Å². The maximum absolute atomic E-state index is 2.39. The highest BCUT2D eigenvalue weighted by Gasteiger charge is 2.18. The predicted octanol–water partition coefficient (Wildman–Crippen LogP) is -12.2. The van der Waals surface area contributed by atoms with Crippen LogP contribution in [-0.2, 0) is 0 Å². The van der Waals surface area contributed by atoms with Gasteiger partial charge in [0, 0.05) is 18.4 Å². The zero-order valence-electron chi connectivity index (χ0n) is 16.5. The Kier molecular flexibility index (Phi) is 5.04. The lowest BCUT2D eigenvalue weighted by molar-refractivity contribution is 1.24. The average Bonchev–Trinajstić information content (AvgIpc) is 2.52. The molecular formula is C13H22B9N. The fourth-order valence-corrected chi connectivity index (χ4v) is 3.64. The molecule has 1 nitrogen and oxygen atoms in total. The Balaban J connectivity index is 2.75. The van der Waals surface area contributed by atoms with Crippen LogP contribution in [0.2, 0.25) is 0 Å². The summed E-state index contributed by atoms with van der Waals surface area (Å²) in [4.78, 5) is 2.39. The molecule has 23 heavy (non-hydrogen) atoms. The van der Waals surface area contributed by atoms with Gasteiger partial charge in [-0.05, 0) is 6.07 Å². The molecule has 0 atom stereocenters. The van der Waals surface area contributed by atoms with Crippen molar-refractivity contribution in [2.45, 2.75) is 0 Å². The van der Waals surface area contributed by atoms with Crippen LogP contribution in [0.1, 0.15) is 0 Å². The first-order valence-electron chi connectivity index (χ1n) is 8.47. The molecule has 2 rings (SSSR count). The molecule has 0 amide bonds. The fraction of sp³-hybridized carbons (Fsp3) is 0.0769. The molecule has 0 heterocycles. The minimum Gasteiger partial charge on any atom is -0.346 e. The lowest BCUT2D eigenvalue weighted by Gasteiger charge is -2.31. The normalized spacial score (nSPS) is 10.7. The third kappa shape index (κ3) is 2.86. The molecule has 2 aromatic rings. The third-order valence-corrected chi connectivity index (χ3v) is 6.11. The summed E-state index contributed by atoms with van der Waals surface area (Å²) in [5.74, 6) is 0. The van der Waals surface area contributed by atoms with Crippen molar-refractivity contribution in [3.63, 3.8) is 0 Å². The standard InChI is InChI=1S/C13H22B9N/c1-23(4-2-3(14)5(15)7(17)6(4)16)13-11(21)9(19)8(18)10(20)12(13)22/h2H,14-22H2,1H3. The van der Waals surface area contributed by atoms with Crippen molar-refractivity contribution in [2.24, 2.45) is 0 Å². The van der Waals surface area contributed by atoms with E-state index in [1.165, 1.54) is 60.5 Å². The number of hydrogen-bond acceptors (Lipinski definition) is 1. The van der Waals surface area contributed by atoms with Gasteiger partial charge < -0.3 is 4.90 Å². The Morgan fingerprint density at radius 2 is 0.957 bits per heavy atom. The molecule has 0 aliphatic rings. The van der Waals surface area contributed by atoms with Crippen LogP contribution >= 0.6 is 0 Å². The molecule has 0 aliphatic carbocycles. The monoisotopic (exact) mass is 291 g/mol. The van der Waals surface area contributed by atoms with Gasteiger partial charge in [0.2, 0.25) is 0 Å². The summed E-state index contributed by atoms with van der Waals surface area (Å²) in [6.45, 7) is 0. The van der Waals surface area contributed by atoms with Crippen LogP contribution in [0, 0.1) is 0 Å². The molecular weight excluding hydrogens is 267 g/mol. The summed E-state index contributed by atoms with van der Waals surface area (Å²) in [6.07, 6.45) is 0. The Morgan fingerprint density at radius 3 is 1.43 bits per heavy atom. The van der Waals surface area contributed by atoms with E-state index in [0.717, 1.165) is 0 Å². The molecule has 0 saturated heterocycles. The van der Waals surface area contributed by atoms with Crippen LogP contribution in [-0.4, -0.2) is 77.7 Å². The summed E-state index contributed by atoms with van der Waals surface area (Å²) < 4.78 is 0. The molecule has 0 bridgehead atoms. The van der Waals surface area contributed by atoms with E-state index in [0.29, 0.717) is 0 Å². The van der Waals surface area contributed by atoms with E-state index in [1.807, 2.05) is 0 Å². The highest BCUT2D eigenvalue weighted by Crippen LogP contribution is 2.14. The van der Waals surface area contributed by atoms with Crippen molar-refractivity contribution in [3.8, 4) is 0 Å². The van der Waals surface area contributed by atoms with Gasteiger partial charge in [0.05, 0.1) is 0 Å². The number of benzene rings is 2. The summed E-state index contributed by atoms with van der Waals surface area (Å²) in [6, 6.07) is 2.33. The summed E-state index contributed by atoms with van der Waals surface area (Å²) in [5, 5.41) is 0. The number of rotatable bonds is 2. The van der Waals surface area contributed by atoms with E-state index in [1.54, 1.807) is 0 Å². The first-order chi connectivity index (χ1) is 10.6. The smallest absolute Gasteiger partial charge is 0.141 e. The molecule has 2 aromatic carbocycles. The van der Waals surface area contributed by atoms with Gasteiger partial charge in [0.1, 0.15) is 70.6 Å². The summed E-state index contributed by atoms with van der Waals surface area (Å²) >= 11 is 0. The minimum atomic E-state index is 1.32. The molecule has 0 radical (unpaired) electrons. The molecule has 0 saturated carbocycles. The van der Waals surface area contributed by atoms with Crippen LogP contribution in [0.3, 0.4) is 0 Å². The van der Waals surface area contributed by atoms with Crippen molar-refractivity contribution in [1.29, 1.82) is 0 Å². The van der Waals surface area contributed by atoms with Gasteiger partial charge in [-0.3, -0.25) is 0 Å². The molecule has 0 aromatic heterocycles. The van der Waals surface area contributed by atoms with Gasteiger partial charge in [-0.15, -0.1) is 10.9 Å². The van der Waals surface area contributed by atoms with Gasteiger partial charge in [-0.25, -0.2) is 0 Å². The van der Waals surface area contributed by atoms with Gasteiger partial charge in [0.25, 0.3) is 0 Å². The first kappa shape index (κ1) is 18.2. The molecule has 0 unspecified atom stereocenters. The zero-order valence-corrected chi connectivity index (χ0v) is 16.5. The molecule has 0 aliphatic heterocycles. The maximum Gasteiger partial charge on any atom is 0.141 e. The van der Waals surface area contributed by atoms with Crippen molar-refractivity contribution >= 4 is 131 Å². The van der Waals surface area contributed by atoms with E-state index in [9.17, 15) is 0 Å². The van der Waals surface area contributed by atoms with Crippen molar-refractivity contribution in [1.82, 2.24) is 0 Å². The SMILES string of the molecule is Bc1cc(N(C)c2c(B)c(B)c(B)c(B)c2B)c(B)c(B)c1B. The Labute approximate surface area is 149 Å². The van der Waals surface area contributed by atoms with Crippen LogP contribution < -0.4 is 54.1 Å². The summed E-state index contributed by atoms with van der Waals surface area (Å²) in [5.41, 5.74) is 15.3. The highest BCUT2D eigenvalue weighted by molar-refractivity contribution is 6.69. The quantitative estimate of drug-likeness (QED) is 0.497. The lowest BCUT2D eigenvalue weighted by Crippen LogP contribution is -2.56. The van der Waals surface area contributed by atoms with E-state index >= 15 is 0 Å². The largest absolute Gasteiger partial charge is 0.346 e. The minimum absolute atomic E-state index is 1.32. The van der Waals surface area contributed by atoms with Crippen molar-refractivity contribution in [2.75, 3.05) is 11.9 Å². The molecule has 0 spiro atoms. The van der Waals surface area contributed by atoms with Crippen molar-refractivity contribution < 1.29 is 0 Å². The van der Waals surface area contributed by atoms with Crippen LogP contribution in [0.4, 0.5) is 11.4 Å². The number of nitrogens with zero attached hydrogens (tertiary/aromatic N) is 1. The molecule has 106 valence electrons.